The molecular formula is C12H7F3N4. The van der Waals surface area contributed by atoms with Gasteiger partial charge >= 0.3 is 6.18 Å². The lowest BCUT2D eigenvalue weighted by Gasteiger charge is -2.09. The number of aromatic nitrogens is 2. The molecule has 0 saturated carbocycles. The van der Waals surface area contributed by atoms with Crippen molar-refractivity contribution < 1.29 is 13.2 Å². The molecule has 0 unspecified atom stereocenters. The van der Waals surface area contributed by atoms with Gasteiger partial charge in [0.05, 0.1) is 16.8 Å². The van der Waals surface area contributed by atoms with Gasteiger partial charge in [-0.25, -0.2) is 4.98 Å². The topological polar surface area (TPSA) is 75.6 Å². The number of nitrogen functional groups attached to an aromatic ring is 1. The Kier molecular flexibility index (Phi) is 3.09. The first-order valence-electron chi connectivity index (χ1n) is 5.10. The van der Waals surface area contributed by atoms with Crippen LogP contribution in [0.2, 0.25) is 0 Å². The molecule has 2 heterocycles. The van der Waals surface area contributed by atoms with Gasteiger partial charge in [-0.05, 0) is 18.2 Å². The van der Waals surface area contributed by atoms with Crippen LogP contribution in [0.4, 0.5) is 19.0 Å². The summed E-state index contributed by atoms with van der Waals surface area (Å²) in [6.45, 7) is 0. The smallest absolute Gasteiger partial charge is 0.384 e. The van der Waals surface area contributed by atoms with E-state index in [4.69, 9.17) is 11.0 Å². The number of anilines is 1. The van der Waals surface area contributed by atoms with E-state index in [1.807, 2.05) is 6.07 Å². The van der Waals surface area contributed by atoms with E-state index in [0.29, 0.717) is 5.56 Å². The fourth-order valence-corrected chi connectivity index (χ4v) is 1.50. The lowest BCUT2D eigenvalue weighted by Crippen LogP contribution is -2.07. The highest BCUT2D eigenvalue weighted by Crippen LogP contribution is 2.32. The number of nitriles is 1. The summed E-state index contributed by atoms with van der Waals surface area (Å²) < 4.78 is 38.0. The normalized spacial score (nSPS) is 11.1. The van der Waals surface area contributed by atoms with Crippen LogP contribution in [-0.2, 0) is 6.18 Å². The van der Waals surface area contributed by atoms with Crippen molar-refractivity contribution in [3.05, 3.63) is 41.7 Å². The number of pyridine rings is 2. The number of hydrogen-bond acceptors (Lipinski definition) is 4. The van der Waals surface area contributed by atoms with Crippen LogP contribution in [0.1, 0.15) is 11.1 Å². The Morgan fingerprint density at radius 2 is 1.89 bits per heavy atom. The molecule has 0 aliphatic carbocycles. The molecule has 19 heavy (non-hydrogen) atoms. The van der Waals surface area contributed by atoms with Gasteiger partial charge in [0.25, 0.3) is 0 Å². The van der Waals surface area contributed by atoms with E-state index >= 15 is 0 Å². The Balaban J connectivity index is 2.57. The zero-order chi connectivity index (χ0) is 14.0. The van der Waals surface area contributed by atoms with Crippen molar-refractivity contribution in [2.45, 2.75) is 6.18 Å². The van der Waals surface area contributed by atoms with Gasteiger partial charge < -0.3 is 5.73 Å². The van der Waals surface area contributed by atoms with Crippen LogP contribution >= 0.6 is 0 Å². The van der Waals surface area contributed by atoms with Crippen molar-refractivity contribution in [2.24, 2.45) is 0 Å². The van der Waals surface area contributed by atoms with Crippen molar-refractivity contribution in [2.75, 3.05) is 5.73 Å². The van der Waals surface area contributed by atoms with Crippen molar-refractivity contribution >= 4 is 5.82 Å². The zero-order valence-corrected chi connectivity index (χ0v) is 9.44. The Labute approximate surface area is 106 Å². The predicted molar refractivity (Wildman–Crippen MR) is 61.6 cm³/mol. The highest BCUT2D eigenvalue weighted by atomic mass is 19.4. The van der Waals surface area contributed by atoms with E-state index in [-0.39, 0.29) is 17.1 Å². The third kappa shape index (κ3) is 2.80. The van der Waals surface area contributed by atoms with Gasteiger partial charge in [0.15, 0.2) is 0 Å². The minimum atomic E-state index is -4.51. The molecule has 0 amide bonds. The largest absolute Gasteiger partial charge is 0.416 e. The van der Waals surface area contributed by atoms with Gasteiger partial charge in [-0.2, -0.15) is 18.4 Å². The molecule has 0 radical (unpaired) electrons. The summed E-state index contributed by atoms with van der Waals surface area (Å²) in [7, 11) is 0. The van der Waals surface area contributed by atoms with E-state index in [9.17, 15) is 13.2 Å². The molecule has 0 fully saturated rings. The SMILES string of the molecule is N#Cc1cncc(-c2cc(C(F)(F)F)cc(N)n2)c1. The van der Waals surface area contributed by atoms with Gasteiger partial charge in [0.1, 0.15) is 11.9 Å². The van der Waals surface area contributed by atoms with Gasteiger partial charge in [-0.3, -0.25) is 4.98 Å². The van der Waals surface area contributed by atoms with Crippen LogP contribution in [0.5, 0.6) is 0 Å². The monoisotopic (exact) mass is 264 g/mol. The standard InChI is InChI=1S/C12H7F3N4/c13-12(14,15)9-2-10(19-11(17)3-9)8-1-7(4-16)5-18-6-8/h1-3,5-6H,(H2,17,19). The second-order valence-electron chi connectivity index (χ2n) is 3.74. The second kappa shape index (κ2) is 4.57. The lowest BCUT2D eigenvalue weighted by molar-refractivity contribution is -0.137. The number of nitrogens with zero attached hydrogens (tertiary/aromatic N) is 3. The van der Waals surface area contributed by atoms with Crippen molar-refractivity contribution in [1.82, 2.24) is 9.97 Å². The first kappa shape index (κ1) is 12.8. The highest BCUT2D eigenvalue weighted by molar-refractivity contribution is 5.63. The van der Waals surface area contributed by atoms with Crippen LogP contribution in [0.15, 0.2) is 30.6 Å². The molecule has 2 N–H and O–H groups in total. The van der Waals surface area contributed by atoms with Crippen molar-refractivity contribution in [3.63, 3.8) is 0 Å². The van der Waals surface area contributed by atoms with E-state index in [1.165, 1.54) is 18.5 Å². The van der Waals surface area contributed by atoms with E-state index < -0.39 is 11.7 Å². The lowest BCUT2D eigenvalue weighted by atomic mass is 10.1. The molecule has 0 aromatic carbocycles. The highest BCUT2D eigenvalue weighted by Gasteiger charge is 2.31. The second-order valence-corrected chi connectivity index (χ2v) is 3.74. The fraction of sp³-hybridized carbons (Fsp3) is 0.0833. The summed E-state index contributed by atoms with van der Waals surface area (Å²) in [4.78, 5) is 7.59. The Bertz CT molecular complexity index is 659. The third-order valence-electron chi connectivity index (χ3n) is 2.34. The van der Waals surface area contributed by atoms with Crippen molar-refractivity contribution in [3.8, 4) is 17.3 Å². The van der Waals surface area contributed by atoms with E-state index in [2.05, 4.69) is 9.97 Å². The maximum absolute atomic E-state index is 12.7. The quantitative estimate of drug-likeness (QED) is 0.859. The number of rotatable bonds is 1. The number of nitrogens with two attached hydrogens (primary N) is 1. The van der Waals surface area contributed by atoms with E-state index in [0.717, 1.165) is 12.1 Å². The molecule has 0 bridgehead atoms. The zero-order valence-electron chi connectivity index (χ0n) is 9.44. The molecule has 0 spiro atoms. The van der Waals surface area contributed by atoms with Crippen LogP contribution < -0.4 is 5.73 Å². The van der Waals surface area contributed by atoms with Gasteiger partial charge in [-0.1, -0.05) is 0 Å². The maximum atomic E-state index is 12.7. The average Bonchev–Trinajstić information content (AvgIpc) is 2.37. The molecule has 4 nitrogen and oxygen atoms in total. The van der Waals surface area contributed by atoms with Crippen LogP contribution in [0, 0.1) is 11.3 Å². The average molecular weight is 264 g/mol. The Morgan fingerprint density at radius 1 is 1.16 bits per heavy atom. The number of hydrogen-bond donors (Lipinski definition) is 1. The van der Waals surface area contributed by atoms with Gasteiger partial charge in [0.2, 0.25) is 0 Å². The number of halogens is 3. The molecule has 0 aliphatic rings. The minimum Gasteiger partial charge on any atom is -0.384 e. The molecular weight excluding hydrogens is 257 g/mol. The summed E-state index contributed by atoms with van der Waals surface area (Å²) in [6, 6.07) is 4.88. The molecule has 0 aliphatic heterocycles. The molecule has 2 aromatic heterocycles. The van der Waals surface area contributed by atoms with Crippen LogP contribution in [-0.4, -0.2) is 9.97 Å². The minimum absolute atomic E-state index is 0.0249. The molecule has 2 rings (SSSR count). The molecule has 0 atom stereocenters. The first-order chi connectivity index (χ1) is 8.90. The van der Waals surface area contributed by atoms with Crippen LogP contribution in [0.25, 0.3) is 11.3 Å². The van der Waals surface area contributed by atoms with Gasteiger partial charge in [0, 0.05) is 18.0 Å². The molecule has 2 aromatic rings. The number of alkyl halides is 3. The fourth-order valence-electron chi connectivity index (χ4n) is 1.50. The van der Waals surface area contributed by atoms with E-state index in [1.54, 1.807) is 0 Å². The molecule has 0 saturated heterocycles. The summed E-state index contributed by atoms with van der Waals surface area (Å²) in [6.07, 6.45) is -1.88. The molecule has 7 heteroatoms. The van der Waals surface area contributed by atoms with Crippen molar-refractivity contribution in [1.29, 1.82) is 5.26 Å². The summed E-state index contributed by atoms with van der Waals surface area (Å²) in [5.41, 5.74) is 5.04. The summed E-state index contributed by atoms with van der Waals surface area (Å²) in [5, 5.41) is 8.73. The Hall–Kier alpha value is -2.62. The first-order valence-corrected chi connectivity index (χ1v) is 5.10. The summed E-state index contributed by atoms with van der Waals surface area (Å²) >= 11 is 0. The summed E-state index contributed by atoms with van der Waals surface area (Å²) in [5.74, 6) is -0.243. The molecule has 96 valence electrons. The van der Waals surface area contributed by atoms with Gasteiger partial charge in [-0.15, -0.1) is 0 Å². The Morgan fingerprint density at radius 3 is 2.53 bits per heavy atom. The maximum Gasteiger partial charge on any atom is 0.416 e. The predicted octanol–water partition coefficient (Wildman–Crippen LogP) is 2.62. The van der Waals surface area contributed by atoms with Crippen LogP contribution in [0.3, 0.4) is 0 Å². The third-order valence-corrected chi connectivity index (χ3v) is 2.34.